The maximum absolute atomic E-state index is 13.1. The number of halogens is 1. The van der Waals surface area contributed by atoms with Crippen molar-refractivity contribution in [2.45, 2.75) is 25.3 Å². The van der Waals surface area contributed by atoms with E-state index >= 15 is 0 Å². The fourth-order valence-electron chi connectivity index (χ4n) is 5.24. The van der Waals surface area contributed by atoms with Crippen LogP contribution in [0.2, 0.25) is 0 Å². The van der Waals surface area contributed by atoms with Crippen molar-refractivity contribution in [2.24, 2.45) is 11.8 Å². The Morgan fingerprint density at radius 2 is 1.46 bits per heavy atom. The zero-order valence-corrected chi connectivity index (χ0v) is 21.1. The molecule has 2 aliphatic rings. The molecule has 37 heavy (non-hydrogen) atoms. The quantitative estimate of drug-likeness (QED) is 0.475. The second-order valence-electron chi connectivity index (χ2n) is 9.82. The van der Waals surface area contributed by atoms with Crippen LogP contribution in [0.1, 0.15) is 33.5 Å². The van der Waals surface area contributed by atoms with Gasteiger partial charge >= 0.3 is 0 Å². The standard InChI is InChI=1S/C30H31FN2O4/c1-36-26-13-7-21(16-27(26)37-2)8-14-28(34)32-29-24-17-33(18-25(24)29)30(35)22-9-3-19(4-10-22)15-20-5-11-23(31)12-6-20/h3-7,9-13,16,24-25,29H,8,14-15,17-18H2,1-2H3,(H,32,34)/t24-,25+,29?. The Bertz CT molecular complexity index is 1260. The molecule has 3 atom stereocenters. The molecule has 0 spiro atoms. The molecule has 1 saturated heterocycles. The van der Waals surface area contributed by atoms with Crippen molar-refractivity contribution in [3.8, 4) is 11.5 Å². The molecule has 5 rings (SSSR count). The van der Waals surface area contributed by atoms with Crippen LogP contribution >= 0.6 is 0 Å². The average Bonchev–Trinajstić information content (AvgIpc) is 3.34. The summed E-state index contributed by atoms with van der Waals surface area (Å²) < 4.78 is 23.7. The monoisotopic (exact) mass is 502 g/mol. The Morgan fingerprint density at radius 3 is 2.08 bits per heavy atom. The van der Waals surface area contributed by atoms with Gasteiger partial charge in [0.05, 0.1) is 14.2 Å². The maximum atomic E-state index is 13.1. The lowest BCUT2D eigenvalue weighted by Crippen LogP contribution is -2.37. The minimum atomic E-state index is -0.246. The molecule has 1 heterocycles. The summed E-state index contributed by atoms with van der Waals surface area (Å²) >= 11 is 0. The van der Waals surface area contributed by atoms with Gasteiger partial charge < -0.3 is 19.7 Å². The van der Waals surface area contributed by atoms with E-state index in [4.69, 9.17) is 9.47 Å². The van der Waals surface area contributed by atoms with Crippen LogP contribution in [-0.4, -0.2) is 50.1 Å². The number of methoxy groups -OCH3 is 2. The lowest BCUT2D eigenvalue weighted by Gasteiger charge is -2.20. The van der Waals surface area contributed by atoms with E-state index in [9.17, 15) is 14.0 Å². The first kappa shape index (κ1) is 24.8. The molecule has 0 bridgehead atoms. The van der Waals surface area contributed by atoms with Crippen LogP contribution in [0, 0.1) is 17.7 Å². The van der Waals surface area contributed by atoms with Crippen LogP contribution in [0.5, 0.6) is 11.5 Å². The van der Waals surface area contributed by atoms with Gasteiger partial charge in [-0.1, -0.05) is 30.3 Å². The third kappa shape index (κ3) is 5.61. The van der Waals surface area contributed by atoms with Gasteiger partial charge in [0.25, 0.3) is 5.91 Å². The number of nitrogens with zero attached hydrogens (tertiary/aromatic N) is 1. The van der Waals surface area contributed by atoms with Gasteiger partial charge in [0.1, 0.15) is 5.82 Å². The van der Waals surface area contributed by atoms with Crippen molar-refractivity contribution in [2.75, 3.05) is 27.3 Å². The molecule has 1 aliphatic heterocycles. The lowest BCUT2D eigenvalue weighted by atomic mass is 10.0. The highest BCUT2D eigenvalue weighted by Gasteiger charge is 2.57. The Hall–Kier alpha value is -3.87. The normalized spacial score (nSPS) is 19.8. The highest BCUT2D eigenvalue weighted by Crippen LogP contribution is 2.46. The molecule has 1 aliphatic carbocycles. The molecular formula is C30H31FN2O4. The Labute approximate surface area is 216 Å². The summed E-state index contributed by atoms with van der Waals surface area (Å²) in [6, 6.07) is 19.9. The summed E-state index contributed by atoms with van der Waals surface area (Å²) in [5.41, 5.74) is 3.78. The molecule has 1 unspecified atom stereocenters. The number of piperidine rings is 1. The third-order valence-electron chi connectivity index (χ3n) is 7.42. The smallest absolute Gasteiger partial charge is 0.253 e. The summed E-state index contributed by atoms with van der Waals surface area (Å²) in [4.78, 5) is 27.4. The largest absolute Gasteiger partial charge is 0.493 e. The van der Waals surface area contributed by atoms with Gasteiger partial charge in [-0.25, -0.2) is 4.39 Å². The molecule has 1 N–H and O–H groups in total. The number of hydrogen-bond donors (Lipinski definition) is 1. The first-order valence-corrected chi connectivity index (χ1v) is 12.6. The zero-order chi connectivity index (χ0) is 25.9. The molecule has 0 aromatic heterocycles. The molecular weight excluding hydrogens is 471 g/mol. The van der Waals surface area contributed by atoms with Crippen LogP contribution in [-0.2, 0) is 17.6 Å². The van der Waals surface area contributed by atoms with Crippen LogP contribution < -0.4 is 14.8 Å². The maximum Gasteiger partial charge on any atom is 0.253 e. The number of likely N-dealkylation sites (tertiary alicyclic amines) is 1. The topological polar surface area (TPSA) is 67.9 Å². The Morgan fingerprint density at radius 1 is 0.865 bits per heavy atom. The first-order valence-electron chi connectivity index (χ1n) is 12.6. The molecule has 2 amide bonds. The highest BCUT2D eigenvalue weighted by atomic mass is 19.1. The number of nitrogens with one attached hydrogen (secondary N) is 1. The zero-order valence-electron chi connectivity index (χ0n) is 21.1. The predicted octanol–water partition coefficient (Wildman–Crippen LogP) is 4.25. The number of ether oxygens (including phenoxy) is 2. The number of rotatable bonds is 9. The van der Waals surface area contributed by atoms with Crippen molar-refractivity contribution >= 4 is 11.8 Å². The van der Waals surface area contributed by atoms with Crippen molar-refractivity contribution < 1.29 is 23.5 Å². The summed E-state index contributed by atoms with van der Waals surface area (Å²) in [6.45, 7) is 1.34. The molecule has 0 radical (unpaired) electrons. The van der Waals surface area contributed by atoms with E-state index in [0.717, 1.165) is 16.7 Å². The van der Waals surface area contributed by atoms with E-state index in [-0.39, 0.29) is 23.7 Å². The number of carbonyl (C=O) groups is 2. The van der Waals surface area contributed by atoms with Gasteiger partial charge in [-0.05, 0) is 65.9 Å². The van der Waals surface area contributed by atoms with E-state index in [1.165, 1.54) is 12.1 Å². The van der Waals surface area contributed by atoms with E-state index in [1.54, 1.807) is 26.4 Å². The van der Waals surface area contributed by atoms with Crippen molar-refractivity contribution in [1.29, 1.82) is 0 Å². The minimum Gasteiger partial charge on any atom is -0.493 e. The Kier molecular flexibility index (Phi) is 7.12. The van der Waals surface area contributed by atoms with Crippen molar-refractivity contribution in [1.82, 2.24) is 10.2 Å². The molecule has 3 aromatic rings. The SMILES string of the molecule is COc1ccc(CCC(=O)NC2[C@H]3CN(C(=O)c4ccc(Cc5ccc(F)cc5)cc4)C[C@@H]23)cc1OC. The van der Waals surface area contributed by atoms with Gasteiger partial charge in [0.2, 0.25) is 5.91 Å². The second kappa shape index (κ2) is 10.6. The number of hydrogen-bond acceptors (Lipinski definition) is 4. The first-order chi connectivity index (χ1) is 17.9. The molecule has 2 fully saturated rings. The van der Waals surface area contributed by atoms with E-state index in [0.29, 0.717) is 61.3 Å². The summed E-state index contributed by atoms with van der Waals surface area (Å²) in [5, 5.41) is 3.15. The number of benzene rings is 3. The molecule has 6 nitrogen and oxygen atoms in total. The molecule has 1 saturated carbocycles. The molecule has 3 aromatic carbocycles. The number of aryl methyl sites for hydroxylation is 1. The fourth-order valence-corrected chi connectivity index (χ4v) is 5.24. The lowest BCUT2D eigenvalue weighted by molar-refractivity contribution is -0.121. The Balaban J connectivity index is 1.07. The molecule has 192 valence electrons. The van der Waals surface area contributed by atoms with Gasteiger partial charge in [-0.3, -0.25) is 9.59 Å². The van der Waals surface area contributed by atoms with Crippen LogP contribution in [0.25, 0.3) is 0 Å². The summed E-state index contributed by atoms with van der Waals surface area (Å²) in [5.74, 6) is 1.79. The van der Waals surface area contributed by atoms with E-state index in [1.807, 2.05) is 47.4 Å². The van der Waals surface area contributed by atoms with Gasteiger partial charge in [0.15, 0.2) is 11.5 Å². The number of fused-ring (bicyclic) bond motifs is 1. The third-order valence-corrected chi connectivity index (χ3v) is 7.42. The van der Waals surface area contributed by atoms with Gasteiger partial charge in [-0.2, -0.15) is 0 Å². The average molecular weight is 503 g/mol. The molecule has 7 heteroatoms. The minimum absolute atomic E-state index is 0.0269. The van der Waals surface area contributed by atoms with Crippen molar-refractivity contribution in [3.63, 3.8) is 0 Å². The van der Waals surface area contributed by atoms with Crippen LogP contribution in [0.15, 0.2) is 66.7 Å². The summed E-state index contributed by atoms with van der Waals surface area (Å²) in [6.07, 6.45) is 1.71. The van der Waals surface area contributed by atoms with Crippen LogP contribution in [0.3, 0.4) is 0 Å². The summed E-state index contributed by atoms with van der Waals surface area (Å²) in [7, 11) is 3.19. The van der Waals surface area contributed by atoms with Crippen molar-refractivity contribution in [3.05, 3.63) is 94.8 Å². The van der Waals surface area contributed by atoms with E-state index < -0.39 is 0 Å². The highest BCUT2D eigenvalue weighted by molar-refractivity contribution is 5.94. The number of carbonyl (C=O) groups excluding carboxylic acids is 2. The van der Waals surface area contributed by atoms with Gasteiger partial charge in [0, 0.05) is 43.0 Å². The fraction of sp³-hybridized carbons (Fsp3) is 0.333. The van der Waals surface area contributed by atoms with Crippen LogP contribution in [0.4, 0.5) is 4.39 Å². The van der Waals surface area contributed by atoms with Gasteiger partial charge in [-0.15, -0.1) is 0 Å². The van der Waals surface area contributed by atoms with E-state index in [2.05, 4.69) is 5.32 Å². The second-order valence-corrected chi connectivity index (χ2v) is 9.82. The predicted molar refractivity (Wildman–Crippen MR) is 138 cm³/mol. The number of amides is 2.